The number of morpholine rings is 1. The van der Waals surface area contributed by atoms with Crippen molar-refractivity contribution in [2.45, 2.75) is 38.6 Å². The highest BCUT2D eigenvalue weighted by atomic mass is 16.5. The Morgan fingerprint density at radius 2 is 1.91 bits per heavy atom. The van der Waals surface area contributed by atoms with Crippen LogP contribution >= 0.6 is 0 Å². The first-order valence-corrected chi connectivity index (χ1v) is 12.1. The number of hydrogen-bond donors (Lipinski definition) is 1. The summed E-state index contributed by atoms with van der Waals surface area (Å²) in [6.45, 7) is 5.64. The van der Waals surface area contributed by atoms with Crippen LogP contribution in [0.2, 0.25) is 0 Å². The van der Waals surface area contributed by atoms with E-state index in [9.17, 15) is 4.79 Å². The zero-order valence-corrected chi connectivity index (χ0v) is 19.1. The monoisotopic (exact) mass is 448 g/mol. The molecule has 33 heavy (non-hydrogen) atoms. The van der Waals surface area contributed by atoms with E-state index in [1.165, 1.54) is 32.1 Å². The Morgan fingerprint density at radius 1 is 1.06 bits per heavy atom. The second-order valence-corrected chi connectivity index (χ2v) is 9.04. The first-order chi connectivity index (χ1) is 16.3. The summed E-state index contributed by atoms with van der Waals surface area (Å²) in [6.07, 6.45) is 9.65. The number of fused-ring (bicyclic) bond motifs is 1. The lowest BCUT2D eigenvalue weighted by atomic mass is 9.89. The fourth-order valence-electron chi connectivity index (χ4n) is 4.86. The average molecular weight is 449 g/mol. The lowest BCUT2D eigenvalue weighted by Crippen LogP contribution is -2.39. The van der Waals surface area contributed by atoms with E-state index in [0.717, 1.165) is 49.6 Å². The van der Waals surface area contributed by atoms with E-state index >= 15 is 0 Å². The van der Waals surface area contributed by atoms with Crippen molar-refractivity contribution in [2.75, 3.05) is 44.7 Å². The molecule has 2 aliphatic rings. The third-order valence-electron chi connectivity index (χ3n) is 6.74. The lowest BCUT2D eigenvalue weighted by molar-refractivity contribution is 0.0398. The predicted octanol–water partition coefficient (Wildman–Crippen LogP) is 3.18. The van der Waals surface area contributed by atoms with E-state index in [1.807, 2.05) is 28.8 Å². The fraction of sp³-hybridized carbons (Fsp3) is 0.520. The van der Waals surface area contributed by atoms with Crippen molar-refractivity contribution in [1.29, 1.82) is 0 Å². The molecule has 4 heterocycles. The number of anilines is 1. The van der Waals surface area contributed by atoms with Gasteiger partial charge in [-0.15, -0.1) is 0 Å². The quantitative estimate of drug-likeness (QED) is 0.594. The summed E-state index contributed by atoms with van der Waals surface area (Å²) in [7, 11) is 0. The standard InChI is InChI=1S/C25H32N6O2/c32-25-23(27-11-12-30-13-15-33-16-14-30)28-22-9-8-21(20-7-4-10-26-17-20)29-24(22)31(25)18-19-5-2-1-3-6-19/h4,7-10,17,19H,1-3,5-6,11-16,18H2,(H,27,28). The molecule has 5 rings (SSSR count). The minimum Gasteiger partial charge on any atom is -0.379 e. The zero-order valence-electron chi connectivity index (χ0n) is 19.1. The second kappa shape index (κ2) is 10.4. The molecule has 1 aliphatic heterocycles. The van der Waals surface area contributed by atoms with Gasteiger partial charge >= 0.3 is 0 Å². The summed E-state index contributed by atoms with van der Waals surface area (Å²) in [6, 6.07) is 7.81. The molecule has 1 aliphatic carbocycles. The van der Waals surface area contributed by atoms with Crippen LogP contribution in [0.1, 0.15) is 32.1 Å². The normalized spacial score (nSPS) is 17.9. The summed E-state index contributed by atoms with van der Waals surface area (Å²) in [5, 5.41) is 3.31. The Morgan fingerprint density at radius 3 is 2.70 bits per heavy atom. The van der Waals surface area contributed by atoms with E-state index in [2.05, 4.69) is 20.2 Å². The maximum Gasteiger partial charge on any atom is 0.294 e. The molecule has 0 unspecified atom stereocenters. The van der Waals surface area contributed by atoms with Crippen molar-refractivity contribution in [3.8, 4) is 11.3 Å². The molecule has 0 bridgehead atoms. The molecule has 0 amide bonds. The van der Waals surface area contributed by atoms with Gasteiger partial charge in [0.2, 0.25) is 0 Å². The number of aromatic nitrogens is 4. The number of ether oxygens (including phenoxy) is 1. The van der Waals surface area contributed by atoms with Gasteiger partial charge in [0.25, 0.3) is 5.56 Å². The van der Waals surface area contributed by atoms with Gasteiger partial charge in [-0.25, -0.2) is 9.97 Å². The highest BCUT2D eigenvalue weighted by molar-refractivity contribution is 5.76. The Labute approximate surface area is 194 Å². The minimum absolute atomic E-state index is 0.0779. The number of hydrogen-bond acceptors (Lipinski definition) is 7. The van der Waals surface area contributed by atoms with Crippen LogP contribution in [-0.2, 0) is 11.3 Å². The van der Waals surface area contributed by atoms with Gasteiger partial charge in [0, 0.05) is 50.7 Å². The molecule has 3 aromatic heterocycles. The van der Waals surface area contributed by atoms with Crippen LogP contribution < -0.4 is 10.9 Å². The zero-order chi connectivity index (χ0) is 22.5. The van der Waals surface area contributed by atoms with Crippen molar-refractivity contribution < 1.29 is 4.74 Å². The molecule has 1 saturated heterocycles. The highest BCUT2D eigenvalue weighted by Crippen LogP contribution is 2.26. The van der Waals surface area contributed by atoms with Crippen LogP contribution in [0.3, 0.4) is 0 Å². The van der Waals surface area contributed by atoms with Gasteiger partial charge in [0.05, 0.1) is 18.9 Å². The van der Waals surface area contributed by atoms with E-state index in [-0.39, 0.29) is 5.56 Å². The van der Waals surface area contributed by atoms with Crippen LogP contribution in [0.25, 0.3) is 22.4 Å². The van der Waals surface area contributed by atoms with Gasteiger partial charge in [-0.2, -0.15) is 0 Å². The molecule has 8 heteroatoms. The van der Waals surface area contributed by atoms with Gasteiger partial charge in [-0.05, 0) is 43.0 Å². The molecule has 2 fully saturated rings. The molecule has 0 spiro atoms. The van der Waals surface area contributed by atoms with Crippen LogP contribution in [0, 0.1) is 5.92 Å². The third-order valence-corrected chi connectivity index (χ3v) is 6.74. The molecular formula is C25H32N6O2. The van der Waals surface area contributed by atoms with Crippen molar-refractivity contribution in [2.24, 2.45) is 5.92 Å². The van der Waals surface area contributed by atoms with Gasteiger partial charge in [0.15, 0.2) is 11.5 Å². The first kappa shape index (κ1) is 22.0. The summed E-state index contributed by atoms with van der Waals surface area (Å²) >= 11 is 0. The molecule has 0 atom stereocenters. The minimum atomic E-state index is -0.0779. The maximum absolute atomic E-state index is 13.5. The van der Waals surface area contributed by atoms with Gasteiger partial charge < -0.3 is 10.1 Å². The maximum atomic E-state index is 13.5. The molecule has 0 aromatic carbocycles. The van der Waals surface area contributed by atoms with E-state index in [0.29, 0.717) is 30.5 Å². The van der Waals surface area contributed by atoms with Crippen molar-refractivity contribution in [1.82, 2.24) is 24.4 Å². The van der Waals surface area contributed by atoms with Crippen LogP contribution in [0.15, 0.2) is 41.5 Å². The lowest BCUT2D eigenvalue weighted by Gasteiger charge is -2.26. The first-order valence-electron chi connectivity index (χ1n) is 12.1. The Hall–Kier alpha value is -2.84. The fourth-order valence-corrected chi connectivity index (χ4v) is 4.86. The summed E-state index contributed by atoms with van der Waals surface area (Å²) < 4.78 is 7.28. The van der Waals surface area contributed by atoms with E-state index < -0.39 is 0 Å². The molecule has 8 nitrogen and oxygen atoms in total. The summed E-state index contributed by atoms with van der Waals surface area (Å²) in [5.74, 6) is 0.926. The Kier molecular flexibility index (Phi) is 6.92. The van der Waals surface area contributed by atoms with Crippen LogP contribution in [0.5, 0.6) is 0 Å². The molecule has 1 N–H and O–H groups in total. The molecular weight excluding hydrogens is 416 g/mol. The summed E-state index contributed by atoms with van der Waals surface area (Å²) in [5.41, 5.74) is 3.06. The predicted molar refractivity (Wildman–Crippen MR) is 129 cm³/mol. The van der Waals surface area contributed by atoms with Crippen molar-refractivity contribution in [3.05, 3.63) is 47.0 Å². The van der Waals surface area contributed by atoms with Crippen molar-refractivity contribution >= 4 is 17.0 Å². The third kappa shape index (κ3) is 5.23. The van der Waals surface area contributed by atoms with E-state index in [4.69, 9.17) is 9.72 Å². The topological polar surface area (TPSA) is 85.2 Å². The average Bonchev–Trinajstić information content (AvgIpc) is 2.88. The summed E-state index contributed by atoms with van der Waals surface area (Å²) in [4.78, 5) is 29.7. The molecule has 1 saturated carbocycles. The molecule has 174 valence electrons. The van der Waals surface area contributed by atoms with Gasteiger partial charge in [0.1, 0.15) is 5.52 Å². The van der Waals surface area contributed by atoms with Crippen molar-refractivity contribution in [3.63, 3.8) is 0 Å². The second-order valence-electron chi connectivity index (χ2n) is 9.04. The van der Waals surface area contributed by atoms with E-state index in [1.54, 1.807) is 12.4 Å². The van der Waals surface area contributed by atoms with Crippen LogP contribution in [0.4, 0.5) is 5.82 Å². The largest absolute Gasteiger partial charge is 0.379 e. The number of pyridine rings is 2. The van der Waals surface area contributed by atoms with Gasteiger partial charge in [-0.1, -0.05) is 19.3 Å². The van der Waals surface area contributed by atoms with Gasteiger partial charge in [-0.3, -0.25) is 19.2 Å². The highest BCUT2D eigenvalue weighted by Gasteiger charge is 2.19. The number of rotatable bonds is 7. The number of nitrogens with zero attached hydrogens (tertiary/aromatic N) is 5. The smallest absolute Gasteiger partial charge is 0.294 e. The number of nitrogens with one attached hydrogen (secondary N) is 1. The molecule has 0 radical (unpaired) electrons. The Bertz CT molecular complexity index is 1120. The SMILES string of the molecule is O=c1c(NCCN2CCOCC2)nc2ccc(-c3cccnc3)nc2n1CC1CCCCC1. The molecule has 3 aromatic rings. The Balaban J connectivity index is 1.46. The van der Waals surface area contributed by atoms with Crippen LogP contribution in [-0.4, -0.2) is 63.8 Å².